The molecule has 12 heavy (non-hydrogen) atoms. The third kappa shape index (κ3) is 1.89. The van der Waals surface area contributed by atoms with E-state index in [0.29, 0.717) is 25.9 Å². The summed E-state index contributed by atoms with van der Waals surface area (Å²) in [6.45, 7) is 0.602. The normalized spacial score (nSPS) is 20.3. The van der Waals surface area contributed by atoms with Gasteiger partial charge in [0.1, 0.15) is 12.0 Å². The Labute approximate surface area is 67.7 Å². The molecule has 0 unspecified atom stereocenters. The van der Waals surface area contributed by atoms with Gasteiger partial charge in [-0.05, 0) is 12.8 Å². The summed E-state index contributed by atoms with van der Waals surface area (Å²) >= 11 is 0. The van der Waals surface area contributed by atoms with E-state index < -0.39 is 11.9 Å². The average Bonchev–Trinajstić information content (AvgIpc) is 2.38. The molecule has 1 nitrogen and oxygen atoms in total. The molecule has 1 aliphatic heterocycles. The van der Waals surface area contributed by atoms with Crippen molar-refractivity contribution >= 4 is 0 Å². The van der Waals surface area contributed by atoms with Crippen LogP contribution in [0, 0.1) is 0 Å². The molecule has 0 aromatic heterocycles. The van der Waals surface area contributed by atoms with Crippen LogP contribution in [0.15, 0.2) is 12.0 Å². The minimum absolute atomic E-state index is 0.301. The standard InChI is InChI=1S/C7H9F4N/c8-5-6(7(9,10)11)12-3-1-2-4-12/h5H,1-4H2. The largest absolute Gasteiger partial charge is 0.433 e. The molecule has 1 heterocycles. The second kappa shape index (κ2) is 3.33. The highest BCUT2D eigenvalue weighted by Gasteiger charge is 2.38. The Bertz CT molecular complexity index is 178. The quantitative estimate of drug-likeness (QED) is 0.564. The van der Waals surface area contributed by atoms with E-state index in [1.807, 2.05) is 0 Å². The lowest BCUT2D eigenvalue weighted by molar-refractivity contribution is -0.111. The Morgan fingerprint density at radius 1 is 1.17 bits per heavy atom. The van der Waals surface area contributed by atoms with Gasteiger partial charge in [0.25, 0.3) is 0 Å². The second-order valence-electron chi connectivity index (χ2n) is 2.69. The van der Waals surface area contributed by atoms with E-state index in [2.05, 4.69) is 0 Å². The fourth-order valence-electron chi connectivity index (χ4n) is 1.27. The van der Waals surface area contributed by atoms with E-state index in [1.165, 1.54) is 0 Å². The van der Waals surface area contributed by atoms with Crippen molar-refractivity contribution < 1.29 is 17.6 Å². The Kier molecular flexibility index (Phi) is 2.59. The molecule has 1 saturated heterocycles. The molecule has 1 rings (SSSR count). The van der Waals surface area contributed by atoms with Gasteiger partial charge in [-0.15, -0.1) is 0 Å². The lowest BCUT2D eigenvalue weighted by Gasteiger charge is -2.21. The van der Waals surface area contributed by atoms with E-state index in [1.54, 1.807) is 0 Å². The first-order chi connectivity index (χ1) is 5.55. The van der Waals surface area contributed by atoms with Gasteiger partial charge in [0.15, 0.2) is 0 Å². The summed E-state index contributed by atoms with van der Waals surface area (Å²) in [6.07, 6.45) is -3.51. The average molecular weight is 183 g/mol. The number of halogens is 4. The molecule has 0 bridgehead atoms. The van der Waals surface area contributed by atoms with Crippen molar-refractivity contribution in [1.29, 1.82) is 0 Å². The molecule has 0 aromatic rings. The van der Waals surface area contributed by atoms with Gasteiger partial charge < -0.3 is 4.90 Å². The van der Waals surface area contributed by atoms with Crippen molar-refractivity contribution in [3.63, 3.8) is 0 Å². The third-order valence-electron chi connectivity index (χ3n) is 1.84. The molecule has 1 fully saturated rings. The highest BCUT2D eigenvalue weighted by molar-refractivity contribution is 5.05. The number of rotatable bonds is 1. The van der Waals surface area contributed by atoms with Crippen molar-refractivity contribution in [1.82, 2.24) is 4.90 Å². The Morgan fingerprint density at radius 3 is 2.00 bits per heavy atom. The molecule has 1 aliphatic rings. The molecule has 0 saturated carbocycles. The van der Waals surface area contributed by atoms with Crippen molar-refractivity contribution in [2.45, 2.75) is 19.0 Å². The smallest absolute Gasteiger partial charge is 0.366 e. The van der Waals surface area contributed by atoms with Crippen LogP contribution < -0.4 is 0 Å². The Hall–Kier alpha value is -0.740. The maximum absolute atomic E-state index is 12.0. The topological polar surface area (TPSA) is 3.24 Å². The van der Waals surface area contributed by atoms with Gasteiger partial charge in [0.2, 0.25) is 0 Å². The van der Waals surface area contributed by atoms with Crippen molar-refractivity contribution in [2.75, 3.05) is 13.1 Å². The van der Waals surface area contributed by atoms with Crippen LogP contribution in [0.2, 0.25) is 0 Å². The lowest BCUT2D eigenvalue weighted by Crippen LogP contribution is -2.29. The van der Waals surface area contributed by atoms with Gasteiger partial charge in [-0.3, -0.25) is 0 Å². The van der Waals surface area contributed by atoms with Gasteiger partial charge in [0, 0.05) is 13.1 Å². The van der Waals surface area contributed by atoms with Crippen LogP contribution in [0.3, 0.4) is 0 Å². The fraction of sp³-hybridized carbons (Fsp3) is 0.714. The molecule has 0 spiro atoms. The summed E-state index contributed by atoms with van der Waals surface area (Å²) in [4.78, 5) is 1.03. The predicted octanol–water partition coefficient (Wildman–Crippen LogP) is 2.46. The first-order valence-electron chi connectivity index (χ1n) is 3.68. The van der Waals surface area contributed by atoms with Crippen LogP contribution in [-0.4, -0.2) is 24.2 Å². The van der Waals surface area contributed by atoms with Crippen LogP contribution in [0.25, 0.3) is 0 Å². The monoisotopic (exact) mass is 183 g/mol. The van der Waals surface area contributed by atoms with E-state index in [9.17, 15) is 17.6 Å². The molecule has 0 radical (unpaired) electrons. The zero-order valence-electron chi connectivity index (χ0n) is 6.36. The summed E-state index contributed by atoms with van der Waals surface area (Å²) in [5, 5.41) is 0. The number of allylic oxidation sites excluding steroid dienone is 1. The summed E-state index contributed by atoms with van der Waals surface area (Å²) in [6, 6.07) is 0. The van der Waals surface area contributed by atoms with E-state index in [-0.39, 0.29) is 6.33 Å². The minimum atomic E-state index is -4.56. The Balaban J connectivity index is 2.69. The van der Waals surface area contributed by atoms with Crippen LogP contribution in [-0.2, 0) is 0 Å². The van der Waals surface area contributed by atoms with Gasteiger partial charge in [0.05, 0.1) is 0 Å². The fourth-order valence-corrected chi connectivity index (χ4v) is 1.27. The molecule has 5 heteroatoms. The van der Waals surface area contributed by atoms with Crippen molar-refractivity contribution in [3.8, 4) is 0 Å². The lowest BCUT2D eigenvalue weighted by atomic mass is 10.4. The molecule has 0 aliphatic carbocycles. The maximum atomic E-state index is 12.0. The zero-order chi connectivity index (χ0) is 9.19. The van der Waals surface area contributed by atoms with Gasteiger partial charge in [-0.1, -0.05) is 0 Å². The molecule has 0 N–H and O–H groups in total. The molecule has 0 amide bonds. The maximum Gasteiger partial charge on any atom is 0.433 e. The molecule has 0 aromatic carbocycles. The van der Waals surface area contributed by atoms with Crippen molar-refractivity contribution in [3.05, 3.63) is 12.0 Å². The van der Waals surface area contributed by atoms with E-state index in [0.717, 1.165) is 4.90 Å². The third-order valence-corrected chi connectivity index (χ3v) is 1.84. The minimum Gasteiger partial charge on any atom is -0.366 e. The van der Waals surface area contributed by atoms with Crippen LogP contribution >= 0.6 is 0 Å². The number of likely N-dealkylation sites (tertiary alicyclic amines) is 1. The summed E-state index contributed by atoms with van der Waals surface area (Å²) < 4.78 is 47.9. The second-order valence-corrected chi connectivity index (χ2v) is 2.69. The number of alkyl halides is 3. The SMILES string of the molecule is FC=C(N1CCCC1)C(F)(F)F. The van der Waals surface area contributed by atoms with Crippen molar-refractivity contribution in [2.24, 2.45) is 0 Å². The molecular weight excluding hydrogens is 174 g/mol. The van der Waals surface area contributed by atoms with E-state index >= 15 is 0 Å². The van der Waals surface area contributed by atoms with Crippen LogP contribution in [0.5, 0.6) is 0 Å². The number of nitrogens with zero attached hydrogens (tertiary/aromatic N) is 1. The zero-order valence-corrected chi connectivity index (χ0v) is 6.36. The van der Waals surface area contributed by atoms with Gasteiger partial charge >= 0.3 is 6.18 Å². The highest BCUT2D eigenvalue weighted by atomic mass is 19.4. The highest BCUT2D eigenvalue weighted by Crippen LogP contribution is 2.30. The van der Waals surface area contributed by atoms with E-state index in [4.69, 9.17) is 0 Å². The summed E-state index contributed by atoms with van der Waals surface area (Å²) in [5.41, 5.74) is -1.15. The number of hydrogen-bond donors (Lipinski definition) is 0. The first kappa shape index (κ1) is 9.35. The predicted molar refractivity (Wildman–Crippen MR) is 36.1 cm³/mol. The Morgan fingerprint density at radius 2 is 1.67 bits per heavy atom. The van der Waals surface area contributed by atoms with Gasteiger partial charge in [-0.2, -0.15) is 13.2 Å². The van der Waals surface area contributed by atoms with Crippen LogP contribution in [0.4, 0.5) is 17.6 Å². The van der Waals surface area contributed by atoms with Gasteiger partial charge in [-0.25, -0.2) is 4.39 Å². The molecule has 70 valence electrons. The number of hydrogen-bond acceptors (Lipinski definition) is 1. The molecule has 0 atom stereocenters. The van der Waals surface area contributed by atoms with Crippen LogP contribution in [0.1, 0.15) is 12.8 Å². The first-order valence-corrected chi connectivity index (χ1v) is 3.68. The summed E-state index contributed by atoms with van der Waals surface area (Å²) in [7, 11) is 0. The molecular formula is C7H9F4N. The summed E-state index contributed by atoms with van der Waals surface area (Å²) in [5.74, 6) is 0.